The van der Waals surface area contributed by atoms with Crippen LogP contribution in [0.3, 0.4) is 0 Å². The van der Waals surface area contributed by atoms with Crippen LogP contribution in [0.2, 0.25) is 0 Å². The summed E-state index contributed by atoms with van der Waals surface area (Å²) in [6.45, 7) is 7.14. The number of aliphatic carboxylic acids is 1. The Balaban J connectivity index is 4.32. The molecule has 0 saturated heterocycles. The molecule has 0 aliphatic heterocycles. The van der Waals surface area contributed by atoms with Gasteiger partial charge in [-0.2, -0.15) is 0 Å². The first kappa shape index (κ1) is 11.9. The third kappa shape index (κ3) is 4.50. The predicted molar refractivity (Wildman–Crippen MR) is 49.3 cm³/mol. The van der Waals surface area contributed by atoms with Crippen molar-refractivity contribution in [1.82, 2.24) is 5.32 Å². The molecular formula is C9H17NO3. The molecule has 1 atom stereocenters. The van der Waals surface area contributed by atoms with Crippen molar-refractivity contribution in [2.45, 2.75) is 39.7 Å². The quantitative estimate of drug-likeness (QED) is 0.648. The van der Waals surface area contributed by atoms with Gasteiger partial charge in [0.2, 0.25) is 5.91 Å². The second-order valence-corrected chi connectivity index (χ2v) is 4.04. The van der Waals surface area contributed by atoms with Crippen LogP contribution in [0, 0.1) is 5.92 Å². The van der Waals surface area contributed by atoms with Gasteiger partial charge in [0.05, 0.1) is 0 Å². The first-order chi connectivity index (χ1) is 5.78. The van der Waals surface area contributed by atoms with Crippen LogP contribution in [0.5, 0.6) is 0 Å². The van der Waals surface area contributed by atoms with Crippen molar-refractivity contribution in [3.8, 4) is 0 Å². The fourth-order valence-electron chi connectivity index (χ4n) is 0.929. The van der Waals surface area contributed by atoms with E-state index in [4.69, 9.17) is 5.11 Å². The maximum absolute atomic E-state index is 11.3. The Kier molecular flexibility index (Phi) is 3.91. The number of carboxylic acids is 1. The van der Waals surface area contributed by atoms with Gasteiger partial charge in [-0.05, 0) is 27.2 Å². The standard InChI is InChI=1S/C9H17NO3/c1-5-6(8(12)13)7(11)10-9(2,3)4/h6H,5H2,1-4H3,(H,10,11)(H,12,13). The van der Waals surface area contributed by atoms with E-state index in [0.717, 1.165) is 0 Å². The summed E-state index contributed by atoms with van der Waals surface area (Å²) in [7, 11) is 0. The topological polar surface area (TPSA) is 66.4 Å². The molecule has 0 bridgehead atoms. The molecule has 0 aromatic heterocycles. The summed E-state index contributed by atoms with van der Waals surface area (Å²) in [5.41, 5.74) is -0.375. The summed E-state index contributed by atoms with van der Waals surface area (Å²) in [6.07, 6.45) is 0.317. The average Bonchev–Trinajstić information content (AvgIpc) is 1.82. The second kappa shape index (κ2) is 4.25. The van der Waals surface area contributed by atoms with Crippen LogP contribution < -0.4 is 5.32 Å². The lowest BCUT2D eigenvalue weighted by molar-refractivity contribution is -0.147. The van der Waals surface area contributed by atoms with Gasteiger partial charge in [0, 0.05) is 5.54 Å². The summed E-state index contributed by atoms with van der Waals surface area (Å²) >= 11 is 0. The molecule has 1 amide bonds. The minimum Gasteiger partial charge on any atom is -0.481 e. The number of amides is 1. The van der Waals surface area contributed by atoms with Gasteiger partial charge < -0.3 is 10.4 Å². The summed E-state index contributed by atoms with van der Waals surface area (Å²) < 4.78 is 0. The van der Waals surface area contributed by atoms with Crippen LogP contribution in [0.25, 0.3) is 0 Å². The maximum atomic E-state index is 11.3. The van der Waals surface area contributed by atoms with Gasteiger partial charge in [0.1, 0.15) is 5.92 Å². The van der Waals surface area contributed by atoms with Crippen LogP contribution in [0.15, 0.2) is 0 Å². The van der Waals surface area contributed by atoms with Gasteiger partial charge in [0.25, 0.3) is 0 Å². The molecule has 1 unspecified atom stereocenters. The van der Waals surface area contributed by atoms with E-state index < -0.39 is 17.8 Å². The summed E-state index contributed by atoms with van der Waals surface area (Å²) in [5.74, 6) is -2.41. The van der Waals surface area contributed by atoms with Gasteiger partial charge in [-0.15, -0.1) is 0 Å². The summed E-state index contributed by atoms with van der Waals surface area (Å²) in [4.78, 5) is 21.9. The first-order valence-corrected chi connectivity index (χ1v) is 4.32. The molecule has 0 spiro atoms. The highest BCUT2D eigenvalue weighted by Gasteiger charge is 2.26. The Bertz CT molecular complexity index is 205. The first-order valence-electron chi connectivity index (χ1n) is 4.32. The van der Waals surface area contributed by atoms with E-state index in [0.29, 0.717) is 6.42 Å². The molecule has 0 radical (unpaired) electrons. The van der Waals surface area contributed by atoms with E-state index in [1.54, 1.807) is 6.92 Å². The van der Waals surface area contributed by atoms with Crippen molar-refractivity contribution < 1.29 is 14.7 Å². The van der Waals surface area contributed by atoms with Crippen LogP contribution in [0.1, 0.15) is 34.1 Å². The van der Waals surface area contributed by atoms with Gasteiger partial charge in [0.15, 0.2) is 0 Å². The third-order valence-electron chi connectivity index (χ3n) is 1.52. The van der Waals surface area contributed by atoms with E-state index in [2.05, 4.69) is 5.32 Å². The maximum Gasteiger partial charge on any atom is 0.316 e. The minimum atomic E-state index is -1.07. The zero-order valence-electron chi connectivity index (χ0n) is 8.55. The number of hydrogen-bond donors (Lipinski definition) is 2. The Morgan fingerprint density at radius 3 is 2.08 bits per heavy atom. The molecule has 13 heavy (non-hydrogen) atoms. The van der Waals surface area contributed by atoms with E-state index >= 15 is 0 Å². The van der Waals surface area contributed by atoms with E-state index in [1.165, 1.54) is 0 Å². The van der Waals surface area contributed by atoms with Crippen LogP contribution in [-0.2, 0) is 9.59 Å². The smallest absolute Gasteiger partial charge is 0.316 e. The normalized spacial score (nSPS) is 13.5. The Labute approximate surface area is 78.3 Å². The highest BCUT2D eigenvalue weighted by Crippen LogP contribution is 2.06. The second-order valence-electron chi connectivity index (χ2n) is 4.04. The number of hydrogen-bond acceptors (Lipinski definition) is 2. The van der Waals surface area contributed by atoms with E-state index in [-0.39, 0.29) is 5.54 Å². The molecule has 0 fully saturated rings. The van der Waals surface area contributed by atoms with Crippen molar-refractivity contribution in [2.24, 2.45) is 5.92 Å². The summed E-state index contributed by atoms with van der Waals surface area (Å²) in [6, 6.07) is 0. The number of nitrogens with one attached hydrogen (secondary N) is 1. The highest BCUT2D eigenvalue weighted by atomic mass is 16.4. The van der Waals surface area contributed by atoms with E-state index in [9.17, 15) is 9.59 Å². The van der Waals surface area contributed by atoms with Gasteiger partial charge in [-0.1, -0.05) is 6.92 Å². The lowest BCUT2D eigenvalue weighted by Gasteiger charge is -2.22. The summed E-state index contributed by atoms with van der Waals surface area (Å²) in [5, 5.41) is 11.3. The van der Waals surface area contributed by atoms with Gasteiger partial charge >= 0.3 is 5.97 Å². The Hall–Kier alpha value is -1.06. The number of carbonyl (C=O) groups is 2. The monoisotopic (exact) mass is 187 g/mol. The number of carbonyl (C=O) groups excluding carboxylic acids is 1. The third-order valence-corrected chi connectivity index (χ3v) is 1.52. The predicted octanol–water partition coefficient (Wildman–Crippen LogP) is 1.01. The van der Waals surface area contributed by atoms with Crippen molar-refractivity contribution >= 4 is 11.9 Å². The molecule has 0 aromatic carbocycles. The minimum absolute atomic E-state index is 0.317. The Morgan fingerprint density at radius 1 is 1.38 bits per heavy atom. The fraction of sp³-hybridized carbons (Fsp3) is 0.778. The van der Waals surface area contributed by atoms with Crippen LogP contribution >= 0.6 is 0 Å². The molecule has 0 aliphatic carbocycles. The lowest BCUT2D eigenvalue weighted by Crippen LogP contribution is -2.45. The molecule has 76 valence electrons. The molecule has 0 rings (SSSR count). The molecule has 2 N–H and O–H groups in total. The zero-order chi connectivity index (χ0) is 10.6. The highest BCUT2D eigenvalue weighted by molar-refractivity contribution is 5.97. The van der Waals surface area contributed by atoms with Gasteiger partial charge in [-0.3, -0.25) is 9.59 Å². The van der Waals surface area contributed by atoms with Crippen molar-refractivity contribution in [3.05, 3.63) is 0 Å². The van der Waals surface area contributed by atoms with Crippen LogP contribution in [0.4, 0.5) is 0 Å². The number of rotatable bonds is 3. The Morgan fingerprint density at radius 2 is 1.85 bits per heavy atom. The molecule has 0 saturated carbocycles. The van der Waals surface area contributed by atoms with Crippen LogP contribution in [-0.4, -0.2) is 22.5 Å². The fourth-order valence-corrected chi connectivity index (χ4v) is 0.929. The van der Waals surface area contributed by atoms with Gasteiger partial charge in [-0.25, -0.2) is 0 Å². The average molecular weight is 187 g/mol. The molecule has 4 heteroatoms. The van der Waals surface area contributed by atoms with Crippen molar-refractivity contribution in [2.75, 3.05) is 0 Å². The molecule has 0 heterocycles. The van der Waals surface area contributed by atoms with Crippen molar-refractivity contribution in [1.29, 1.82) is 0 Å². The van der Waals surface area contributed by atoms with Crippen molar-refractivity contribution in [3.63, 3.8) is 0 Å². The molecule has 0 aliphatic rings. The molecule has 0 aromatic rings. The number of carboxylic acid groups (broad SMARTS) is 1. The van der Waals surface area contributed by atoms with E-state index in [1.807, 2.05) is 20.8 Å². The zero-order valence-corrected chi connectivity index (χ0v) is 8.55. The molecular weight excluding hydrogens is 170 g/mol. The largest absolute Gasteiger partial charge is 0.481 e. The molecule has 4 nitrogen and oxygen atoms in total. The lowest BCUT2D eigenvalue weighted by atomic mass is 10.0. The SMILES string of the molecule is CCC(C(=O)O)C(=O)NC(C)(C)C.